The molecule has 0 fully saturated rings. The third kappa shape index (κ3) is 12.5. The molecule has 0 saturated heterocycles. The fourth-order valence-electron chi connectivity index (χ4n) is 5.62. The number of carboxylic acid groups (broad SMARTS) is 1. The summed E-state index contributed by atoms with van der Waals surface area (Å²) in [5.74, 6) is -3.71. The Hall–Kier alpha value is -5.28. The van der Waals surface area contributed by atoms with E-state index in [1.807, 2.05) is 24.9 Å². The lowest BCUT2D eigenvalue weighted by molar-refractivity contribution is -0.137. The van der Waals surface area contributed by atoms with Crippen molar-refractivity contribution < 1.29 is 34.7 Å². The number of unbranched alkanes of at least 4 members (excludes halogenated alkanes) is 2. The summed E-state index contributed by atoms with van der Waals surface area (Å²) in [4.78, 5) is 71.2. The first-order valence-electron chi connectivity index (χ1n) is 17.3. The van der Waals surface area contributed by atoms with Crippen molar-refractivity contribution in [2.24, 2.45) is 5.92 Å². The number of aromatic hydroxyl groups is 1. The molecule has 1 aliphatic carbocycles. The summed E-state index contributed by atoms with van der Waals surface area (Å²) in [7, 11) is 4.51. The minimum Gasteiger partial charge on any atom is -0.507 e. The number of phenolic OH excluding ortho intramolecular Hbond substituents is 1. The van der Waals surface area contributed by atoms with Gasteiger partial charge in [-0.2, -0.15) is 8.78 Å². The number of hydrogen-bond acceptors (Lipinski definition) is 8. The van der Waals surface area contributed by atoms with Crippen LogP contribution in [0.4, 0.5) is 8.78 Å². The highest BCUT2D eigenvalue weighted by Crippen LogP contribution is 2.47. The molecule has 0 amide bonds. The molecule has 0 spiro atoms. The minimum atomic E-state index is -1.12. The molecule has 3 aromatic rings. The van der Waals surface area contributed by atoms with Gasteiger partial charge in [0, 0.05) is 25.9 Å². The van der Waals surface area contributed by atoms with Gasteiger partial charge in [-0.15, -0.1) is 0 Å². The van der Waals surface area contributed by atoms with Gasteiger partial charge in [0.25, 0.3) is 11.1 Å². The van der Waals surface area contributed by atoms with Gasteiger partial charge in [-0.1, -0.05) is 50.4 Å². The van der Waals surface area contributed by atoms with E-state index in [-0.39, 0.29) is 56.1 Å². The maximum absolute atomic E-state index is 13.6. The van der Waals surface area contributed by atoms with Crippen LogP contribution in [-0.2, 0) is 29.1 Å². The molecule has 4 N–H and O–H groups in total. The zero-order valence-electron chi connectivity index (χ0n) is 30.5. The zero-order chi connectivity index (χ0) is 39.8. The Morgan fingerprint density at radius 1 is 1.04 bits per heavy atom. The highest BCUT2D eigenvalue weighted by Gasteiger charge is 2.31. The summed E-state index contributed by atoms with van der Waals surface area (Å²) in [5, 5.41) is 19.4. The highest BCUT2D eigenvalue weighted by molar-refractivity contribution is 6.05. The highest BCUT2D eigenvalue weighted by atomic mass is 19.1. The fraction of sp³-hybridized carbons (Fsp3) is 0.444. The molecule has 0 saturated carbocycles. The number of carbonyl (C=O) groups is 2. The number of aromatic amines is 2. The lowest BCUT2D eigenvalue weighted by Gasteiger charge is -2.32. The standard InChI is InChI=1S/C28H35FN2O5.C7H7FN2O4.CH3B/c1-5-6-7-8-19-14-23(32)26(21-13-18(4)9-10-20(21)17(2)3)24(15-19)36-25(33)11-12-31-16-22(29)27(34)30-28(31)35;8-4-3-10(2-1-5(11)12)7(14)9-6(4)13;1-2/h13-16,20-21,32H,2,5-12H2,1,3-4H3,(H,30,34,35);3H,1-2H2,(H,11,12)(H,9,13,14);1H3/t20-,21+;;/m1../s1/i;;1D. The number of H-pyrrole nitrogens is 2. The largest absolute Gasteiger partial charge is 0.507 e. The lowest BCUT2D eigenvalue weighted by atomic mass is 9.73. The Balaban J connectivity index is 0.000000474. The van der Waals surface area contributed by atoms with Crippen LogP contribution in [0.25, 0.3) is 0 Å². The summed E-state index contributed by atoms with van der Waals surface area (Å²) in [6, 6.07) is 3.56. The summed E-state index contributed by atoms with van der Waals surface area (Å²) >= 11 is 0. The van der Waals surface area contributed by atoms with Gasteiger partial charge in [-0.25, -0.2) is 9.59 Å². The van der Waals surface area contributed by atoms with Crippen LogP contribution >= 0.6 is 0 Å². The molecule has 280 valence electrons. The Bertz CT molecular complexity index is 2020. The van der Waals surface area contributed by atoms with E-state index in [1.165, 1.54) is 5.57 Å². The molecule has 2 aromatic heterocycles. The number of ether oxygens (including phenoxy) is 1. The Morgan fingerprint density at radius 2 is 1.60 bits per heavy atom. The minimum absolute atomic E-state index is 0. The first kappa shape index (κ1) is 41.1. The smallest absolute Gasteiger partial charge is 0.328 e. The number of phenols is 1. The maximum atomic E-state index is 13.6. The van der Waals surface area contributed by atoms with Gasteiger partial charge in [-0.3, -0.25) is 38.3 Å². The fourth-order valence-corrected chi connectivity index (χ4v) is 5.62. The second-order valence-electron chi connectivity index (χ2n) is 12.2. The summed E-state index contributed by atoms with van der Waals surface area (Å²) in [6.45, 7) is 9.93. The van der Waals surface area contributed by atoms with Crippen molar-refractivity contribution in [3.05, 3.63) is 113 Å². The van der Waals surface area contributed by atoms with Gasteiger partial charge in [0.15, 0.2) is 0 Å². The van der Waals surface area contributed by atoms with E-state index in [4.69, 9.17) is 11.2 Å². The van der Waals surface area contributed by atoms with E-state index in [0.717, 1.165) is 65.0 Å². The van der Waals surface area contributed by atoms with Crippen molar-refractivity contribution in [3.8, 4) is 11.5 Å². The molecule has 52 heavy (non-hydrogen) atoms. The molecule has 0 bridgehead atoms. The summed E-state index contributed by atoms with van der Waals surface area (Å²) in [5.41, 5.74) is -0.247. The number of nitrogens with one attached hydrogen (secondary N) is 2. The number of esters is 1. The van der Waals surface area contributed by atoms with Crippen LogP contribution in [0.3, 0.4) is 0 Å². The number of carboxylic acids is 1. The molecule has 2 heterocycles. The number of allylic oxidation sites excluding steroid dienone is 3. The third-order valence-corrected chi connectivity index (χ3v) is 8.24. The normalized spacial score (nSPS) is 15.2. The van der Waals surface area contributed by atoms with Gasteiger partial charge < -0.3 is 14.9 Å². The number of carbonyl (C=O) groups excluding carboxylic acids is 1. The van der Waals surface area contributed by atoms with E-state index in [1.54, 1.807) is 11.1 Å². The SMILES string of the molecule is C=C(C)[C@H]1CCC(C)=C[C@@H]1c1c(O)cc(CCCCC)cc1OC(=O)CCn1cc(F)c(=O)[nH]c1=O.O=C(O)CCn1cc(F)c(=O)[nH]c1=O.[2H]C[B]. The average Bonchev–Trinajstić information content (AvgIpc) is 3.07. The maximum Gasteiger partial charge on any atom is 0.328 e. The van der Waals surface area contributed by atoms with Crippen molar-refractivity contribution in [1.82, 2.24) is 19.1 Å². The Labute approximate surface area is 301 Å². The van der Waals surface area contributed by atoms with Crippen LogP contribution in [0.15, 0.2) is 67.5 Å². The van der Waals surface area contributed by atoms with Crippen molar-refractivity contribution in [1.29, 1.82) is 0 Å². The summed E-state index contributed by atoms with van der Waals surface area (Å²) in [6.07, 6.45) is 8.62. The number of halogens is 2. The molecule has 0 aliphatic heterocycles. The molecule has 0 unspecified atom stereocenters. The second-order valence-corrected chi connectivity index (χ2v) is 12.2. The van der Waals surface area contributed by atoms with Gasteiger partial charge in [-0.05, 0) is 63.1 Å². The van der Waals surface area contributed by atoms with Crippen molar-refractivity contribution in [2.45, 2.75) is 97.9 Å². The van der Waals surface area contributed by atoms with Crippen molar-refractivity contribution >= 4 is 19.8 Å². The Morgan fingerprint density at radius 3 is 2.12 bits per heavy atom. The van der Waals surface area contributed by atoms with Gasteiger partial charge in [0.1, 0.15) is 11.5 Å². The van der Waals surface area contributed by atoms with Gasteiger partial charge >= 0.3 is 23.3 Å². The zero-order valence-corrected chi connectivity index (χ0v) is 29.5. The van der Waals surface area contributed by atoms with E-state index in [0.29, 0.717) is 11.8 Å². The molecule has 16 heteroatoms. The molecular formula is C36H45BF2N4O9. The number of aryl methyl sites for hydroxylation is 3. The molecule has 2 atom stereocenters. The molecule has 13 nitrogen and oxygen atoms in total. The van der Waals surface area contributed by atoms with E-state index in [9.17, 15) is 42.7 Å². The molecule has 1 aromatic carbocycles. The lowest BCUT2D eigenvalue weighted by Crippen LogP contribution is -2.32. The third-order valence-electron chi connectivity index (χ3n) is 8.24. The van der Waals surface area contributed by atoms with E-state index < -0.39 is 46.1 Å². The summed E-state index contributed by atoms with van der Waals surface area (Å²) < 4.78 is 39.7. The number of benzene rings is 1. The number of nitrogens with zero attached hydrogens (tertiary/aromatic N) is 2. The monoisotopic (exact) mass is 727 g/mol. The van der Waals surface area contributed by atoms with Crippen LogP contribution in [0.2, 0.25) is 6.80 Å². The first-order valence-corrected chi connectivity index (χ1v) is 16.6. The van der Waals surface area contributed by atoms with Crippen molar-refractivity contribution in [3.63, 3.8) is 0 Å². The Kier molecular flexibility index (Phi) is 16.3. The first-order chi connectivity index (χ1) is 25.0. The quantitative estimate of drug-likeness (QED) is 0.0646. The van der Waals surface area contributed by atoms with Gasteiger partial charge in [0.2, 0.25) is 11.6 Å². The van der Waals surface area contributed by atoms with E-state index >= 15 is 0 Å². The van der Waals surface area contributed by atoms with Crippen LogP contribution < -0.4 is 27.2 Å². The topological polar surface area (TPSA) is 194 Å². The van der Waals surface area contributed by atoms with Crippen molar-refractivity contribution in [2.75, 3.05) is 0 Å². The predicted molar refractivity (Wildman–Crippen MR) is 192 cm³/mol. The predicted octanol–water partition coefficient (Wildman–Crippen LogP) is 4.48. The van der Waals surface area contributed by atoms with Crippen LogP contribution in [0.5, 0.6) is 11.5 Å². The number of aliphatic carboxylic acids is 1. The molecule has 1 aliphatic rings. The van der Waals surface area contributed by atoms with E-state index in [2.05, 4.69) is 27.4 Å². The number of rotatable bonds is 13. The number of hydrogen-bond donors (Lipinski definition) is 4. The second kappa shape index (κ2) is 20.5. The van der Waals surface area contributed by atoms with Crippen LogP contribution in [0.1, 0.15) is 84.1 Å². The van der Waals surface area contributed by atoms with Gasteiger partial charge in [0.05, 0.1) is 33.1 Å². The average molecular weight is 728 g/mol. The molecule has 2 radical (unpaired) electrons. The molecule has 4 rings (SSSR count). The van der Waals surface area contributed by atoms with Crippen LogP contribution in [0, 0.1) is 17.6 Å². The molecular weight excluding hydrogens is 681 g/mol. The van der Waals surface area contributed by atoms with Crippen LogP contribution in [-0.4, -0.2) is 49.1 Å². The number of aromatic nitrogens is 4.